The van der Waals surface area contributed by atoms with Crippen LogP contribution >= 0.6 is 0 Å². The van der Waals surface area contributed by atoms with E-state index in [1.165, 1.54) is 32.4 Å². The van der Waals surface area contributed by atoms with Gasteiger partial charge in [0.1, 0.15) is 17.5 Å². The van der Waals surface area contributed by atoms with Crippen molar-refractivity contribution in [2.45, 2.75) is 26.8 Å². The molecule has 0 radical (unpaired) electrons. The van der Waals surface area contributed by atoms with E-state index in [1.54, 1.807) is 45.0 Å². The maximum atomic E-state index is 12.8. The number of anilines is 1. The minimum atomic E-state index is -0.992. The largest absolute Gasteiger partial charge is 0.497 e. The molecule has 0 saturated carbocycles. The smallest absolute Gasteiger partial charge is 0.329 e. The van der Waals surface area contributed by atoms with Crippen molar-refractivity contribution in [1.29, 1.82) is 0 Å². The Balaban J connectivity index is 2.00. The zero-order valence-corrected chi connectivity index (χ0v) is 20.5. The predicted octanol–water partition coefficient (Wildman–Crippen LogP) is 2.39. The number of rotatable bonds is 11. The molecule has 0 saturated heterocycles. The quantitative estimate of drug-likeness (QED) is 0.416. The Morgan fingerprint density at radius 1 is 0.886 bits per heavy atom. The third-order valence-corrected chi connectivity index (χ3v) is 4.91. The fourth-order valence-electron chi connectivity index (χ4n) is 3.09. The molecular formula is C25H31N3O7. The molecule has 0 bridgehead atoms. The van der Waals surface area contributed by atoms with Crippen LogP contribution in [-0.2, 0) is 14.3 Å². The summed E-state index contributed by atoms with van der Waals surface area (Å²) in [6.45, 7) is 5.20. The van der Waals surface area contributed by atoms with Crippen molar-refractivity contribution in [1.82, 2.24) is 10.6 Å². The Kier molecular flexibility index (Phi) is 10.1. The van der Waals surface area contributed by atoms with Crippen LogP contribution in [0.2, 0.25) is 0 Å². The van der Waals surface area contributed by atoms with Crippen molar-refractivity contribution in [2.24, 2.45) is 5.92 Å². The summed E-state index contributed by atoms with van der Waals surface area (Å²) < 4.78 is 15.5. The van der Waals surface area contributed by atoms with Crippen LogP contribution < -0.4 is 25.4 Å². The van der Waals surface area contributed by atoms with E-state index in [2.05, 4.69) is 16.0 Å². The van der Waals surface area contributed by atoms with E-state index in [0.717, 1.165) is 0 Å². The number of nitrogens with one attached hydrogen (secondary N) is 3. The number of hydrogen-bond acceptors (Lipinski definition) is 7. The van der Waals surface area contributed by atoms with Gasteiger partial charge >= 0.3 is 5.97 Å². The Bertz CT molecular complexity index is 1050. The van der Waals surface area contributed by atoms with Crippen molar-refractivity contribution in [3.05, 3.63) is 53.6 Å². The summed E-state index contributed by atoms with van der Waals surface area (Å²) in [5.41, 5.74) is 1.01. The fourth-order valence-corrected chi connectivity index (χ4v) is 3.09. The highest BCUT2D eigenvalue weighted by Crippen LogP contribution is 2.22. The molecule has 0 aromatic heterocycles. The number of hydrogen-bond donors (Lipinski definition) is 3. The molecule has 35 heavy (non-hydrogen) atoms. The van der Waals surface area contributed by atoms with Gasteiger partial charge in [0.25, 0.3) is 17.7 Å². The number of carbonyl (C=O) groups is 4. The lowest BCUT2D eigenvalue weighted by molar-refractivity contribution is -0.150. The summed E-state index contributed by atoms with van der Waals surface area (Å²) in [6.07, 6.45) is 0. The number of esters is 1. The molecule has 0 aliphatic heterocycles. The fraction of sp³-hybridized carbons (Fsp3) is 0.360. The van der Waals surface area contributed by atoms with Gasteiger partial charge in [0.15, 0.2) is 6.61 Å². The minimum Gasteiger partial charge on any atom is -0.497 e. The van der Waals surface area contributed by atoms with Crippen LogP contribution in [0.15, 0.2) is 42.5 Å². The van der Waals surface area contributed by atoms with E-state index in [-0.39, 0.29) is 17.4 Å². The molecule has 0 spiro atoms. The molecule has 3 amide bonds. The summed E-state index contributed by atoms with van der Waals surface area (Å²) in [6, 6.07) is 10.0. The number of amides is 3. The summed E-state index contributed by atoms with van der Waals surface area (Å²) >= 11 is 0. The lowest BCUT2D eigenvalue weighted by Gasteiger charge is -2.21. The molecule has 0 unspecified atom stereocenters. The molecule has 188 valence electrons. The highest BCUT2D eigenvalue weighted by molar-refractivity contribution is 5.99. The van der Waals surface area contributed by atoms with Gasteiger partial charge in [0, 0.05) is 29.4 Å². The van der Waals surface area contributed by atoms with Crippen molar-refractivity contribution < 1.29 is 33.4 Å². The Morgan fingerprint density at radius 2 is 1.54 bits per heavy atom. The number of ether oxygens (including phenoxy) is 3. The van der Waals surface area contributed by atoms with Gasteiger partial charge in [-0.3, -0.25) is 14.4 Å². The molecule has 0 aliphatic rings. The van der Waals surface area contributed by atoms with Crippen LogP contribution in [0.25, 0.3) is 0 Å². The molecule has 0 fully saturated rings. The number of benzene rings is 2. The zero-order valence-electron chi connectivity index (χ0n) is 20.5. The molecule has 1 atom stereocenters. The molecule has 10 heteroatoms. The number of methoxy groups -OCH3 is 2. The van der Waals surface area contributed by atoms with Crippen molar-refractivity contribution in [3.8, 4) is 11.5 Å². The van der Waals surface area contributed by atoms with E-state index >= 15 is 0 Å². The average Bonchev–Trinajstić information content (AvgIpc) is 2.85. The maximum Gasteiger partial charge on any atom is 0.329 e. The third-order valence-electron chi connectivity index (χ3n) is 4.91. The van der Waals surface area contributed by atoms with Gasteiger partial charge in [-0.25, -0.2) is 4.79 Å². The maximum absolute atomic E-state index is 12.8. The van der Waals surface area contributed by atoms with Crippen LogP contribution in [0.3, 0.4) is 0 Å². The summed E-state index contributed by atoms with van der Waals surface area (Å²) in [7, 11) is 2.93. The van der Waals surface area contributed by atoms with Gasteiger partial charge in [0.2, 0.25) is 0 Å². The molecule has 3 N–H and O–H groups in total. The molecule has 0 aliphatic carbocycles. The molecule has 2 aromatic rings. The molecule has 10 nitrogen and oxygen atoms in total. The Labute approximate surface area is 204 Å². The van der Waals surface area contributed by atoms with E-state index < -0.39 is 30.4 Å². The normalized spacial score (nSPS) is 11.3. The second-order valence-electron chi connectivity index (χ2n) is 7.89. The highest BCUT2D eigenvalue weighted by Gasteiger charge is 2.27. The van der Waals surface area contributed by atoms with Crippen LogP contribution in [-0.4, -0.2) is 57.1 Å². The van der Waals surface area contributed by atoms with Crippen molar-refractivity contribution in [3.63, 3.8) is 0 Å². The van der Waals surface area contributed by atoms with Crippen LogP contribution in [0.5, 0.6) is 11.5 Å². The molecule has 2 rings (SSSR count). The first-order valence-electron chi connectivity index (χ1n) is 11.1. The van der Waals surface area contributed by atoms with Crippen molar-refractivity contribution >= 4 is 29.4 Å². The first kappa shape index (κ1) is 27.2. The van der Waals surface area contributed by atoms with Crippen molar-refractivity contribution in [2.75, 3.05) is 32.7 Å². The lowest BCUT2D eigenvalue weighted by atomic mass is 10.0. The summed E-state index contributed by atoms with van der Waals surface area (Å²) in [5.74, 6) is -1.59. The second kappa shape index (κ2) is 13.0. The first-order valence-corrected chi connectivity index (χ1v) is 11.1. The molecule has 0 heterocycles. The molecule has 2 aromatic carbocycles. The first-order chi connectivity index (χ1) is 16.7. The van der Waals surface area contributed by atoms with Gasteiger partial charge in [-0.15, -0.1) is 0 Å². The average molecular weight is 486 g/mol. The lowest BCUT2D eigenvalue weighted by Crippen LogP contribution is -2.46. The minimum absolute atomic E-state index is 0.240. The second-order valence-corrected chi connectivity index (χ2v) is 7.89. The number of carbonyl (C=O) groups excluding carboxylic acids is 4. The van der Waals surface area contributed by atoms with E-state index in [1.807, 2.05) is 0 Å². The van der Waals surface area contributed by atoms with E-state index in [9.17, 15) is 19.2 Å². The monoisotopic (exact) mass is 485 g/mol. The van der Waals surface area contributed by atoms with Crippen LogP contribution in [0, 0.1) is 5.92 Å². The third kappa shape index (κ3) is 8.02. The summed E-state index contributed by atoms with van der Waals surface area (Å²) in [4.78, 5) is 49.7. The molecular weight excluding hydrogens is 454 g/mol. The standard InChI is InChI=1S/C25H31N3O7/c1-6-26-23(30)16-8-7-9-18(10-16)27-21(29)14-35-25(32)22(15(2)3)28-24(31)17-11-19(33-4)13-20(12-17)34-5/h7-13,15,22H,6,14H2,1-5H3,(H,26,30)(H,27,29)(H,28,31)/t22-/m0/s1. The van der Waals surface area contributed by atoms with Gasteiger partial charge in [-0.2, -0.15) is 0 Å². The van der Waals surface area contributed by atoms with Gasteiger partial charge in [0.05, 0.1) is 14.2 Å². The van der Waals surface area contributed by atoms with Crippen LogP contribution in [0.1, 0.15) is 41.5 Å². The van der Waals surface area contributed by atoms with Gasteiger partial charge in [-0.1, -0.05) is 19.9 Å². The van der Waals surface area contributed by atoms with E-state index in [4.69, 9.17) is 14.2 Å². The van der Waals surface area contributed by atoms with Crippen LogP contribution in [0.4, 0.5) is 5.69 Å². The summed E-state index contributed by atoms with van der Waals surface area (Å²) in [5, 5.41) is 7.90. The van der Waals surface area contributed by atoms with Gasteiger partial charge in [-0.05, 0) is 43.2 Å². The predicted molar refractivity (Wildman–Crippen MR) is 130 cm³/mol. The highest BCUT2D eigenvalue weighted by atomic mass is 16.5. The zero-order chi connectivity index (χ0) is 26.0. The Morgan fingerprint density at radius 3 is 2.11 bits per heavy atom. The topological polar surface area (TPSA) is 132 Å². The Hall–Kier alpha value is -4.08. The SMILES string of the molecule is CCNC(=O)c1cccc(NC(=O)COC(=O)[C@@H](NC(=O)c2cc(OC)cc(OC)c2)C(C)C)c1. The van der Waals surface area contributed by atoms with E-state index in [0.29, 0.717) is 29.3 Å². The van der Waals surface area contributed by atoms with Gasteiger partial charge < -0.3 is 30.2 Å².